The Balaban J connectivity index is 3.10. The molecule has 50 valence electrons. The van der Waals surface area contributed by atoms with E-state index in [4.69, 9.17) is 10.6 Å². The molecule has 0 unspecified atom stereocenters. The average Bonchev–Trinajstić information content (AvgIpc) is 1.65. The predicted octanol–water partition coefficient (Wildman–Crippen LogP) is -0.173. The van der Waals surface area contributed by atoms with Gasteiger partial charge in [-0.15, -0.1) is 0 Å². The van der Waals surface area contributed by atoms with Crippen molar-refractivity contribution in [1.29, 1.82) is 0 Å². The molecule has 0 saturated carbocycles. The summed E-state index contributed by atoms with van der Waals surface area (Å²) in [5.74, 6) is 0. The first-order valence-corrected chi connectivity index (χ1v) is 2.67. The molecule has 3 heteroatoms. The lowest BCUT2D eigenvalue weighted by atomic mass is 10.4. The second-order valence-corrected chi connectivity index (χ2v) is 1.97. The van der Waals surface area contributed by atoms with Crippen molar-refractivity contribution in [2.75, 3.05) is 20.7 Å². The van der Waals surface area contributed by atoms with Gasteiger partial charge in [-0.2, -0.15) is 5.06 Å². The molecule has 2 N–H and O–H groups in total. The fourth-order valence-electron chi connectivity index (χ4n) is 0.480. The van der Waals surface area contributed by atoms with Gasteiger partial charge in [-0.05, 0) is 6.92 Å². The van der Waals surface area contributed by atoms with Crippen LogP contribution >= 0.6 is 0 Å². The molecule has 0 bridgehead atoms. The van der Waals surface area contributed by atoms with Gasteiger partial charge in [0.1, 0.15) is 0 Å². The Morgan fingerprint density at radius 2 is 2.25 bits per heavy atom. The average molecular weight is 118 g/mol. The molecule has 0 radical (unpaired) electrons. The summed E-state index contributed by atoms with van der Waals surface area (Å²) in [6.45, 7) is 2.71. The fraction of sp³-hybridized carbons (Fsp3) is 1.00. The van der Waals surface area contributed by atoms with E-state index in [-0.39, 0.29) is 6.04 Å². The summed E-state index contributed by atoms with van der Waals surface area (Å²) in [7, 11) is 3.48. The van der Waals surface area contributed by atoms with Gasteiger partial charge in [0.15, 0.2) is 0 Å². The van der Waals surface area contributed by atoms with Crippen molar-refractivity contribution in [2.24, 2.45) is 5.73 Å². The molecule has 0 aromatic heterocycles. The molecule has 0 aliphatic carbocycles. The van der Waals surface area contributed by atoms with Gasteiger partial charge in [0, 0.05) is 19.6 Å². The number of hydroxylamine groups is 2. The van der Waals surface area contributed by atoms with Crippen LogP contribution in [0.3, 0.4) is 0 Å². The van der Waals surface area contributed by atoms with Crippen LogP contribution in [0.1, 0.15) is 6.92 Å². The predicted molar refractivity (Wildman–Crippen MR) is 33.3 cm³/mol. The zero-order chi connectivity index (χ0) is 6.57. The maximum Gasteiger partial charge on any atom is 0.0575 e. The van der Waals surface area contributed by atoms with Gasteiger partial charge in [-0.25, -0.2) is 0 Å². The van der Waals surface area contributed by atoms with Crippen molar-refractivity contribution in [3.8, 4) is 0 Å². The highest BCUT2D eigenvalue weighted by Gasteiger charge is 1.97. The minimum atomic E-state index is 0.181. The summed E-state index contributed by atoms with van der Waals surface area (Å²) < 4.78 is 0. The van der Waals surface area contributed by atoms with E-state index in [9.17, 15) is 0 Å². The lowest BCUT2D eigenvalue weighted by Crippen LogP contribution is -2.31. The second kappa shape index (κ2) is 3.83. The molecule has 0 saturated heterocycles. The monoisotopic (exact) mass is 118 g/mol. The molecule has 0 aliphatic heterocycles. The van der Waals surface area contributed by atoms with Gasteiger partial charge in [0.25, 0.3) is 0 Å². The number of nitrogens with two attached hydrogens (primary N) is 1. The molecule has 0 fully saturated rings. The lowest BCUT2D eigenvalue weighted by molar-refractivity contribution is -0.111. The van der Waals surface area contributed by atoms with Crippen molar-refractivity contribution in [3.63, 3.8) is 0 Å². The summed E-state index contributed by atoms with van der Waals surface area (Å²) in [5.41, 5.74) is 5.45. The Bertz CT molecular complexity index is 56.4. The van der Waals surface area contributed by atoms with E-state index in [2.05, 4.69) is 0 Å². The highest BCUT2D eigenvalue weighted by atomic mass is 16.7. The van der Waals surface area contributed by atoms with Crippen molar-refractivity contribution in [1.82, 2.24) is 5.06 Å². The van der Waals surface area contributed by atoms with Gasteiger partial charge >= 0.3 is 0 Å². The maximum atomic E-state index is 5.45. The van der Waals surface area contributed by atoms with Crippen molar-refractivity contribution < 1.29 is 4.84 Å². The maximum absolute atomic E-state index is 5.45. The van der Waals surface area contributed by atoms with E-state index < -0.39 is 0 Å². The van der Waals surface area contributed by atoms with E-state index in [0.717, 1.165) is 6.54 Å². The summed E-state index contributed by atoms with van der Waals surface area (Å²) in [4.78, 5) is 4.81. The standard InChI is InChI=1S/C5H14N2O/c1-5(6)4-7(2)8-3/h5H,4,6H2,1-3H3/t5-/m0/s1. The van der Waals surface area contributed by atoms with Crippen LogP contribution in [0.25, 0.3) is 0 Å². The third kappa shape index (κ3) is 4.05. The van der Waals surface area contributed by atoms with Crippen molar-refractivity contribution >= 4 is 0 Å². The van der Waals surface area contributed by atoms with Crippen LogP contribution in [0, 0.1) is 0 Å². The lowest BCUT2D eigenvalue weighted by Gasteiger charge is -2.14. The number of rotatable bonds is 3. The molecule has 0 heterocycles. The molecule has 0 aromatic rings. The first-order chi connectivity index (χ1) is 3.66. The van der Waals surface area contributed by atoms with Crippen molar-refractivity contribution in [2.45, 2.75) is 13.0 Å². The van der Waals surface area contributed by atoms with Crippen LogP contribution in [0.2, 0.25) is 0 Å². The topological polar surface area (TPSA) is 38.5 Å². The Morgan fingerprint density at radius 1 is 1.75 bits per heavy atom. The summed E-state index contributed by atoms with van der Waals surface area (Å²) >= 11 is 0. The minimum Gasteiger partial charge on any atom is -0.327 e. The number of hydrogen-bond acceptors (Lipinski definition) is 3. The van der Waals surface area contributed by atoms with Crippen LogP contribution in [0.5, 0.6) is 0 Å². The van der Waals surface area contributed by atoms with Crippen LogP contribution in [0.4, 0.5) is 0 Å². The first kappa shape index (κ1) is 7.88. The SMILES string of the molecule is CON(C)C[C@H](C)N. The Labute approximate surface area is 50.4 Å². The highest BCUT2D eigenvalue weighted by molar-refractivity contribution is 4.52. The van der Waals surface area contributed by atoms with Crippen LogP contribution in [-0.4, -0.2) is 31.8 Å². The minimum absolute atomic E-state index is 0.181. The molecule has 0 aromatic carbocycles. The molecule has 1 atom stereocenters. The third-order valence-corrected chi connectivity index (χ3v) is 0.857. The Morgan fingerprint density at radius 3 is 2.38 bits per heavy atom. The van der Waals surface area contributed by atoms with E-state index in [1.165, 1.54) is 0 Å². The Kier molecular flexibility index (Phi) is 3.77. The Hall–Kier alpha value is -0.120. The zero-order valence-corrected chi connectivity index (χ0v) is 5.72. The van der Waals surface area contributed by atoms with E-state index >= 15 is 0 Å². The second-order valence-electron chi connectivity index (χ2n) is 1.97. The molecular weight excluding hydrogens is 104 g/mol. The summed E-state index contributed by atoms with van der Waals surface area (Å²) in [6.07, 6.45) is 0. The molecule has 0 spiro atoms. The molecule has 8 heavy (non-hydrogen) atoms. The summed E-state index contributed by atoms with van der Waals surface area (Å²) in [5, 5.41) is 1.70. The van der Waals surface area contributed by atoms with Gasteiger partial charge in [-0.3, -0.25) is 0 Å². The number of hydrogen-bond donors (Lipinski definition) is 1. The number of nitrogens with zero attached hydrogens (tertiary/aromatic N) is 1. The van der Waals surface area contributed by atoms with Gasteiger partial charge in [-0.1, -0.05) is 0 Å². The normalized spacial score (nSPS) is 14.6. The van der Waals surface area contributed by atoms with E-state index in [1.807, 2.05) is 14.0 Å². The largest absolute Gasteiger partial charge is 0.327 e. The van der Waals surface area contributed by atoms with Crippen LogP contribution < -0.4 is 5.73 Å². The van der Waals surface area contributed by atoms with E-state index in [0.29, 0.717) is 0 Å². The molecular formula is C5H14N2O. The third-order valence-electron chi connectivity index (χ3n) is 0.857. The quantitative estimate of drug-likeness (QED) is 0.523. The van der Waals surface area contributed by atoms with Gasteiger partial charge in [0.2, 0.25) is 0 Å². The summed E-state index contributed by atoms with van der Waals surface area (Å²) in [6, 6.07) is 0.181. The van der Waals surface area contributed by atoms with Gasteiger partial charge in [0.05, 0.1) is 7.11 Å². The van der Waals surface area contributed by atoms with Crippen molar-refractivity contribution in [3.05, 3.63) is 0 Å². The number of likely N-dealkylation sites (N-methyl/N-ethyl adjacent to an activating group) is 1. The molecule has 0 rings (SSSR count). The van der Waals surface area contributed by atoms with Crippen LogP contribution in [-0.2, 0) is 4.84 Å². The van der Waals surface area contributed by atoms with E-state index in [1.54, 1.807) is 12.2 Å². The molecule has 0 aliphatic rings. The highest BCUT2D eigenvalue weighted by Crippen LogP contribution is 1.82. The first-order valence-electron chi connectivity index (χ1n) is 2.67. The zero-order valence-electron chi connectivity index (χ0n) is 5.72. The molecule has 3 nitrogen and oxygen atoms in total. The smallest absolute Gasteiger partial charge is 0.0575 e. The van der Waals surface area contributed by atoms with Crippen LogP contribution in [0.15, 0.2) is 0 Å². The van der Waals surface area contributed by atoms with Gasteiger partial charge < -0.3 is 10.6 Å². The fourth-order valence-corrected chi connectivity index (χ4v) is 0.480. The molecule has 0 amide bonds.